The van der Waals surface area contributed by atoms with Crippen LogP contribution in [-0.4, -0.2) is 37.0 Å². The quantitative estimate of drug-likeness (QED) is 0.654. The fraction of sp³-hybridized carbons (Fsp3) is 0.909. The zero-order chi connectivity index (χ0) is 10.2. The van der Waals surface area contributed by atoms with E-state index in [4.69, 9.17) is 0 Å². The maximum Gasteiger partial charge on any atom is 0.219 e. The van der Waals surface area contributed by atoms with Crippen LogP contribution in [0.2, 0.25) is 0 Å². The molecule has 1 amide bonds. The number of carbonyl (C=O) groups excluding carboxylic acids is 1. The van der Waals surface area contributed by atoms with Gasteiger partial charge >= 0.3 is 0 Å². The van der Waals surface area contributed by atoms with Crippen LogP contribution in [0.15, 0.2) is 0 Å². The third-order valence-electron chi connectivity index (χ3n) is 2.74. The lowest BCUT2D eigenvalue weighted by Crippen LogP contribution is -2.25. The van der Waals surface area contributed by atoms with Gasteiger partial charge in [0.05, 0.1) is 0 Å². The average molecular weight is 198 g/mol. The molecule has 0 aromatic heterocycles. The molecule has 1 fully saturated rings. The van der Waals surface area contributed by atoms with Crippen molar-refractivity contribution in [2.24, 2.45) is 0 Å². The van der Waals surface area contributed by atoms with Crippen LogP contribution in [0.3, 0.4) is 0 Å². The zero-order valence-electron chi connectivity index (χ0n) is 9.22. The van der Waals surface area contributed by atoms with E-state index < -0.39 is 0 Å². The lowest BCUT2D eigenvalue weighted by atomic mass is 10.3. The van der Waals surface area contributed by atoms with Gasteiger partial charge in [-0.3, -0.25) is 4.79 Å². The maximum absolute atomic E-state index is 10.9. The Morgan fingerprint density at radius 2 is 2.00 bits per heavy atom. The molecule has 0 spiro atoms. The van der Waals surface area contributed by atoms with Crippen molar-refractivity contribution in [1.29, 1.82) is 0 Å². The second-order valence-corrected chi connectivity index (χ2v) is 3.96. The number of amides is 1. The van der Waals surface area contributed by atoms with Crippen molar-refractivity contribution in [2.45, 2.75) is 39.0 Å². The van der Waals surface area contributed by atoms with E-state index in [0.29, 0.717) is 6.42 Å². The van der Waals surface area contributed by atoms with Crippen molar-refractivity contribution in [3.8, 4) is 0 Å². The van der Waals surface area contributed by atoms with Gasteiger partial charge in [0.25, 0.3) is 0 Å². The van der Waals surface area contributed by atoms with E-state index >= 15 is 0 Å². The highest BCUT2D eigenvalue weighted by Gasteiger charge is 2.09. The SMILES string of the molecule is CCC(=O)NCCCCN1CCCC1. The van der Waals surface area contributed by atoms with Gasteiger partial charge in [0, 0.05) is 13.0 Å². The van der Waals surface area contributed by atoms with E-state index in [2.05, 4.69) is 10.2 Å². The molecule has 14 heavy (non-hydrogen) atoms. The van der Waals surface area contributed by atoms with E-state index in [0.717, 1.165) is 13.0 Å². The summed E-state index contributed by atoms with van der Waals surface area (Å²) in [6.45, 7) is 6.50. The molecule has 0 aromatic rings. The minimum atomic E-state index is 0.172. The number of hydrogen-bond donors (Lipinski definition) is 1. The monoisotopic (exact) mass is 198 g/mol. The number of nitrogens with one attached hydrogen (secondary N) is 1. The molecule has 1 saturated heterocycles. The summed E-state index contributed by atoms with van der Waals surface area (Å²) in [6.07, 6.45) is 5.66. The summed E-state index contributed by atoms with van der Waals surface area (Å²) in [4.78, 5) is 13.4. The summed E-state index contributed by atoms with van der Waals surface area (Å²) in [7, 11) is 0. The fourth-order valence-electron chi connectivity index (χ4n) is 1.82. The van der Waals surface area contributed by atoms with Gasteiger partial charge in [-0.15, -0.1) is 0 Å². The first kappa shape index (κ1) is 11.5. The molecule has 0 bridgehead atoms. The Morgan fingerprint density at radius 3 is 2.64 bits per heavy atom. The number of rotatable bonds is 6. The highest BCUT2D eigenvalue weighted by atomic mass is 16.1. The van der Waals surface area contributed by atoms with E-state index in [-0.39, 0.29) is 5.91 Å². The minimum absolute atomic E-state index is 0.172. The molecule has 1 aliphatic rings. The Labute approximate surface area is 86.9 Å². The second-order valence-electron chi connectivity index (χ2n) is 3.96. The Bertz CT molecular complexity index is 165. The minimum Gasteiger partial charge on any atom is -0.356 e. The Kier molecular flexibility index (Phi) is 5.60. The van der Waals surface area contributed by atoms with Crippen molar-refractivity contribution >= 4 is 5.91 Å². The first-order valence-electron chi connectivity index (χ1n) is 5.82. The fourth-order valence-corrected chi connectivity index (χ4v) is 1.82. The molecule has 0 radical (unpaired) electrons. The summed E-state index contributed by atoms with van der Waals surface area (Å²) < 4.78 is 0. The van der Waals surface area contributed by atoms with Crippen LogP contribution >= 0.6 is 0 Å². The molecule has 0 aliphatic carbocycles. The van der Waals surface area contributed by atoms with Crippen LogP contribution in [0.4, 0.5) is 0 Å². The summed E-state index contributed by atoms with van der Waals surface area (Å²) >= 11 is 0. The molecule has 1 N–H and O–H groups in total. The van der Waals surface area contributed by atoms with Crippen molar-refractivity contribution in [2.75, 3.05) is 26.2 Å². The Morgan fingerprint density at radius 1 is 1.29 bits per heavy atom. The largest absolute Gasteiger partial charge is 0.356 e. The van der Waals surface area contributed by atoms with Gasteiger partial charge in [0.1, 0.15) is 0 Å². The smallest absolute Gasteiger partial charge is 0.219 e. The van der Waals surface area contributed by atoms with E-state index in [9.17, 15) is 4.79 Å². The third-order valence-corrected chi connectivity index (χ3v) is 2.74. The molecule has 3 nitrogen and oxygen atoms in total. The number of carbonyl (C=O) groups is 1. The van der Waals surface area contributed by atoms with Gasteiger partial charge in [-0.05, 0) is 45.3 Å². The van der Waals surface area contributed by atoms with Crippen LogP contribution in [0.1, 0.15) is 39.0 Å². The molecule has 0 saturated carbocycles. The van der Waals surface area contributed by atoms with E-state index in [1.54, 1.807) is 0 Å². The van der Waals surface area contributed by atoms with Crippen LogP contribution in [-0.2, 0) is 4.79 Å². The number of likely N-dealkylation sites (tertiary alicyclic amines) is 1. The van der Waals surface area contributed by atoms with Crippen molar-refractivity contribution in [3.63, 3.8) is 0 Å². The molecule has 1 heterocycles. The first-order valence-corrected chi connectivity index (χ1v) is 5.82. The predicted octanol–water partition coefficient (Wildman–Crippen LogP) is 1.39. The highest BCUT2D eigenvalue weighted by Crippen LogP contribution is 2.07. The molecule has 0 atom stereocenters. The van der Waals surface area contributed by atoms with E-state index in [1.807, 2.05) is 6.92 Å². The summed E-state index contributed by atoms with van der Waals surface area (Å²) in [5, 5.41) is 2.90. The Balaban J connectivity index is 1.86. The predicted molar refractivity (Wildman–Crippen MR) is 58.2 cm³/mol. The summed E-state index contributed by atoms with van der Waals surface area (Å²) in [6, 6.07) is 0. The van der Waals surface area contributed by atoms with Crippen molar-refractivity contribution < 1.29 is 4.79 Å². The second kappa shape index (κ2) is 6.82. The van der Waals surface area contributed by atoms with Crippen molar-refractivity contribution in [1.82, 2.24) is 10.2 Å². The van der Waals surface area contributed by atoms with Gasteiger partial charge in [-0.1, -0.05) is 6.92 Å². The summed E-state index contributed by atoms with van der Waals surface area (Å²) in [5.74, 6) is 0.172. The maximum atomic E-state index is 10.9. The third kappa shape index (κ3) is 4.61. The normalized spacial score (nSPS) is 17.2. The zero-order valence-corrected chi connectivity index (χ0v) is 9.22. The summed E-state index contributed by atoms with van der Waals surface area (Å²) in [5.41, 5.74) is 0. The van der Waals surface area contributed by atoms with Crippen LogP contribution < -0.4 is 5.32 Å². The first-order chi connectivity index (χ1) is 6.83. The molecule has 1 rings (SSSR count). The molecule has 3 heteroatoms. The lowest BCUT2D eigenvalue weighted by molar-refractivity contribution is -0.120. The van der Waals surface area contributed by atoms with Crippen molar-refractivity contribution in [3.05, 3.63) is 0 Å². The molecular weight excluding hydrogens is 176 g/mol. The van der Waals surface area contributed by atoms with E-state index in [1.165, 1.54) is 38.9 Å². The molecule has 82 valence electrons. The molecular formula is C11H22N2O. The Hall–Kier alpha value is -0.570. The van der Waals surface area contributed by atoms with Gasteiger partial charge in [-0.25, -0.2) is 0 Å². The highest BCUT2D eigenvalue weighted by molar-refractivity contribution is 5.75. The number of nitrogens with zero attached hydrogens (tertiary/aromatic N) is 1. The molecule has 0 aromatic carbocycles. The molecule has 0 unspecified atom stereocenters. The van der Waals surface area contributed by atoms with Gasteiger partial charge in [-0.2, -0.15) is 0 Å². The molecule has 1 aliphatic heterocycles. The van der Waals surface area contributed by atoms with Gasteiger partial charge in [0.15, 0.2) is 0 Å². The van der Waals surface area contributed by atoms with Crippen LogP contribution in [0.25, 0.3) is 0 Å². The standard InChI is InChI=1S/C11H22N2O/c1-2-11(14)12-7-3-4-8-13-9-5-6-10-13/h2-10H2,1H3,(H,12,14). The lowest BCUT2D eigenvalue weighted by Gasteiger charge is -2.13. The van der Waals surface area contributed by atoms with Crippen LogP contribution in [0.5, 0.6) is 0 Å². The van der Waals surface area contributed by atoms with Crippen LogP contribution in [0, 0.1) is 0 Å². The number of unbranched alkanes of at least 4 members (excludes halogenated alkanes) is 1. The number of hydrogen-bond acceptors (Lipinski definition) is 2. The van der Waals surface area contributed by atoms with Gasteiger partial charge in [0.2, 0.25) is 5.91 Å². The van der Waals surface area contributed by atoms with Gasteiger partial charge < -0.3 is 10.2 Å². The topological polar surface area (TPSA) is 32.3 Å². The average Bonchev–Trinajstić information content (AvgIpc) is 2.69.